The number of fused-ring (bicyclic) bond motifs is 1. The number of hydrogen-bond donors (Lipinski definition) is 1. The van der Waals surface area contributed by atoms with Crippen molar-refractivity contribution in [1.29, 1.82) is 0 Å². The van der Waals surface area contributed by atoms with E-state index in [1.807, 2.05) is 12.1 Å². The van der Waals surface area contributed by atoms with Crippen molar-refractivity contribution in [3.8, 4) is 0 Å². The van der Waals surface area contributed by atoms with Gasteiger partial charge < -0.3 is 5.32 Å². The van der Waals surface area contributed by atoms with Crippen LogP contribution in [0.4, 0.5) is 5.69 Å². The van der Waals surface area contributed by atoms with E-state index in [2.05, 4.69) is 5.32 Å². The van der Waals surface area contributed by atoms with Crippen molar-refractivity contribution in [2.45, 2.75) is 44.7 Å². The molecule has 7 nitrogen and oxygen atoms in total. The molecule has 0 saturated heterocycles. The number of benzene rings is 2. The first kappa shape index (κ1) is 23.2. The van der Waals surface area contributed by atoms with Crippen molar-refractivity contribution >= 4 is 39.1 Å². The lowest BCUT2D eigenvalue weighted by Gasteiger charge is -2.23. The van der Waals surface area contributed by atoms with Crippen LogP contribution in [0.15, 0.2) is 47.4 Å². The summed E-state index contributed by atoms with van der Waals surface area (Å²) in [5.41, 5.74) is 2.11. The molecule has 0 saturated carbocycles. The second-order valence-electron chi connectivity index (χ2n) is 7.33. The Balaban J connectivity index is 1.83. The molecule has 2 aromatic rings. The number of anilines is 1. The fraction of sp³-hybridized carbons (Fsp3) is 0.364. The van der Waals surface area contributed by atoms with Crippen LogP contribution in [0, 0.1) is 0 Å². The van der Waals surface area contributed by atoms with Gasteiger partial charge in [-0.15, -0.1) is 0 Å². The predicted molar refractivity (Wildman–Crippen MR) is 120 cm³/mol. The molecular weight excluding hydrogens is 438 g/mol. The maximum atomic E-state index is 12.9. The monoisotopic (exact) mass is 463 g/mol. The molecule has 9 heteroatoms. The van der Waals surface area contributed by atoms with Gasteiger partial charge in [0.1, 0.15) is 6.04 Å². The molecule has 0 unspecified atom stereocenters. The first-order valence-electron chi connectivity index (χ1n) is 10.1. The van der Waals surface area contributed by atoms with E-state index < -0.39 is 16.1 Å². The summed E-state index contributed by atoms with van der Waals surface area (Å²) in [7, 11) is -3.63. The summed E-state index contributed by atoms with van der Waals surface area (Å²) in [6.45, 7) is 6.00. The number of hydrogen-bond acceptors (Lipinski definition) is 4. The van der Waals surface area contributed by atoms with Crippen molar-refractivity contribution in [1.82, 2.24) is 9.62 Å². The summed E-state index contributed by atoms with van der Waals surface area (Å²) in [6.07, 6.45) is 0.253. The normalized spacial score (nSPS) is 15.8. The van der Waals surface area contributed by atoms with Gasteiger partial charge in [0.25, 0.3) is 0 Å². The molecule has 1 N–H and O–H groups in total. The van der Waals surface area contributed by atoms with E-state index in [1.165, 1.54) is 22.2 Å². The van der Waals surface area contributed by atoms with Gasteiger partial charge in [0.15, 0.2) is 0 Å². The number of halogens is 1. The van der Waals surface area contributed by atoms with Gasteiger partial charge in [0.2, 0.25) is 21.8 Å². The minimum Gasteiger partial charge on any atom is -0.350 e. The van der Waals surface area contributed by atoms with Gasteiger partial charge in [0, 0.05) is 43.7 Å². The summed E-state index contributed by atoms with van der Waals surface area (Å²) in [6, 6.07) is 11.1. The molecule has 1 atom stereocenters. The number of rotatable bonds is 7. The third-order valence-corrected chi connectivity index (χ3v) is 7.70. The Morgan fingerprint density at radius 1 is 1.13 bits per heavy atom. The van der Waals surface area contributed by atoms with Crippen LogP contribution in [0.25, 0.3) is 0 Å². The molecule has 0 radical (unpaired) electrons. The Kier molecular flexibility index (Phi) is 7.03. The van der Waals surface area contributed by atoms with Crippen molar-refractivity contribution in [3.05, 3.63) is 58.6 Å². The number of nitrogens with one attached hydrogen (secondary N) is 1. The third kappa shape index (κ3) is 4.76. The summed E-state index contributed by atoms with van der Waals surface area (Å²) in [5, 5.41) is 3.47. The molecule has 2 aromatic carbocycles. The number of sulfonamides is 1. The largest absolute Gasteiger partial charge is 0.350 e. The van der Waals surface area contributed by atoms with Crippen LogP contribution >= 0.6 is 11.6 Å². The fourth-order valence-corrected chi connectivity index (χ4v) is 5.44. The second kappa shape index (κ2) is 9.38. The zero-order chi connectivity index (χ0) is 22.8. The maximum Gasteiger partial charge on any atom is 0.243 e. The minimum absolute atomic E-state index is 0.167. The molecule has 0 fully saturated rings. The quantitative estimate of drug-likeness (QED) is 0.683. The molecule has 3 rings (SSSR count). The van der Waals surface area contributed by atoms with E-state index in [4.69, 9.17) is 11.6 Å². The standard InChI is InChI=1S/C22H26ClN3O4S/c1-4-25(5-2)31(29,30)19-10-11-20-17(12-19)13-21(26(20)15(3)27)22(28)24-14-16-6-8-18(23)9-7-16/h6-12,21H,4-5,13-14H2,1-3H3,(H,24,28)/t21-/m1/s1. The molecule has 166 valence electrons. The third-order valence-electron chi connectivity index (χ3n) is 5.40. The van der Waals surface area contributed by atoms with Gasteiger partial charge in [-0.1, -0.05) is 37.6 Å². The van der Waals surface area contributed by atoms with E-state index >= 15 is 0 Å². The van der Waals surface area contributed by atoms with E-state index in [9.17, 15) is 18.0 Å². The summed E-state index contributed by atoms with van der Waals surface area (Å²) >= 11 is 5.89. The molecule has 1 aliphatic rings. The molecule has 0 aromatic heterocycles. The zero-order valence-corrected chi connectivity index (χ0v) is 19.3. The molecule has 1 aliphatic heterocycles. The molecule has 1 heterocycles. The highest BCUT2D eigenvalue weighted by atomic mass is 35.5. The Bertz CT molecular complexity index is 1080. The van der Waals surface area contributed by atoms with Crippen molar-refractivity contribution in [2.75, 3.05) is 18.0 Å². The highest BCUT2D eigenvalue weighted by molar-refractivity contribution is 7.89. The Morgan fingerprint density at radius 3 is 2.35 bits per heavy atom. The zero-order valence-electron chi connectivity index (χ0n) is 17.8. The molecular formula is C22H26ClN3O4S. The van der Waals surface area contributed by atoms with Gasteiger partial charge in [-0.25, -0.2) is 8.42 Å². The first-order chi connectivity index (χ1) is 14.7. The van der Waals surface area contributed by atoms with Gasteiger partial charge in [-0.3, -0.25) is 14.5 Å². The highest BCUT2D eigenvalue weighted by Crippen LogP contribution is 2.35. The molecule has 31 heavy (non-hydrogen) atoms. The highest BCUT2D eigenvalue weighted by Gasteiger charge is 2.37. The lowest BCUT2D eigenvalue weighted by Crippen LogP contribution is -2.47. The average Bonchev–Trinajstić information content (AvgIpc) is 3.13. The summed E-state index contributed by atoms with van der Waals surface area (Å²) < 4.78 is 27.1. The van der Waals surface area contributed by atoms with Crippen molar-refractivity contribution < 1.29 is 18.0 Å². The van der Waals surface area contributed by atoms with E-state index in [0.29, 0.717) is 35.9 Å². The Labute approximate surface area is 188 Å². The number of carbonyl (C=O) groups is 2. The lowest BCUT2D eigenvalue weighted by molar-refractivity contribution is -0.125. The molecule has 2 amide bonds. The van der Waals surface area contributed by atoms with Crippen LogP contribution in [0.1, 0.15) is 31.9 Å². The van der Waals surface area contributed by atoms with Crippen molar-refractivity contribution in [3.63, 3.8) is 0 Å². The van der Waals surface area contributed by atoms with Crippen LogP contribution in [0.3, 0.4) is 0 Å². The van der Waals surface area contributed by atoms with Gasteiger partial charge in [0.05, 0.1) is 4.90 Å². The Morgan fingerprint density at radius 2 is 1.77 bits per heavy atom. The number of amides is 2. The van der Waals surface area contributed by atoms with Crippen molar-refractivity contribution in [2.24, 2.45) is 0 Å². The molecule has 0 bridgehead atoms. The van der Waals surface area contributed by atoms with Gasteiger partial charge >= 0.3 is 0 Å². The average molecular weight is 464 g/mol. The van der Waals surface area contributed by atoms with Gasteiger partial charge in [-0.05, 0) is 41.5 Å². The van der Waals surface area contributed by atoms with E-state index in [1.54, 1.807) is 38.1 Å². The predicted octanol–water partition coefficient (Wildman–Crippen LogP) is 2.96. The maximum absolute atomic E-state index is 12.9. The smallest absolute Gasteiger partial charge is 0.243 e. The topological polar surface area (TPSA) is 86.8 Å². The van der Waals surface area contributed by atoms with Crippen LogP contribution < -0.4 is 10.2 Å². The Hall–Kier alpha value is -2.42. The van der Waals surface area contributed by atoms with E-state index in [-0.39, 0.29) is 23.1 Å². The van der Waals surface area contributed by atoms with Crippen LogP contribution in [-0.4, -0.2) is 43.7 Å². The second-order valence-corrected chi connectivity index (χ2v) is 9.71. The lowest BCUT2D eigenvalue weighted by atomic mass is 10.1. The summed E-state index contributed by atoms with van der Waals surface area (Å²) in [5.74, 6) is -0.570. The first-order valence-corrected chi connectivity index (χ1v) is 12.0. The number of nitrogens with zero attached hydrogens (tertiary/aromatic N) is 2. The van der Waals surface area contributed by atoms with E-state index in [0.717, 1.165) is 5.56 Å². The van der Waals surface area contributed by atoms with Crippen LogP contribution in [0.5, 0.6) is 0 Å². The van der Waals surface area contributed by atoms with Gasteiger partial charge in [-0.2, -0.15) is 4.31 Å². The summed E-state index contributed by atoms with van der Waals surface area (Å²) in [4.78, 5) is 26.8. The van der Waals surface area contributed by atoms with Crippen LogP contribution in [0.2, 0.25) is 5.02 Å². The SMILES string of the molecule is CCN(CC)S(=O)(=O)c1ccc2c(c1)C[C@H](C(=O)NCc1ccc(Cl)cc1)N2C(C)=O. The fourth-order valence-electron chi connectivity index (χ4n) is 3.81. The molecule has 0 aliphatic carbocycles. The van der Waals surface area contributed by atoms with Crippen LogP contribution in [-0.2, 0) is 32.6 Å². The minimum atomic E-state index is -3.63. The number of carbonyl (C=O) groups excluding carboxylic acids is 2. The molecule has 0 spiro atoms.